The van der Waals surface area contributed by atoms with Crippen molar-refractivity contribution in [2.45, 2.75) is 39.3 Å². The van der Waals surface area contributed by atoms with Crippen molar-refractivity contribution in [3.05, 3.63) is 59.7 Å². The maximum absolute atomic E-state index is 12.4. The molecule has 2 aromatic rings. The van der Waals surface area contributed by atoms with Crippen LogP contribution in [0.3, 0.4) is 0 Å². The number of carbonyl (C=O) groups is 2. The molecule has 3 N–H and O–H groups in total. The van der Waals surface area contributed by atoms with Crippen LogP contribution in [0.4, 0.5) is 5.69 Å². The Bertz CT molecular complexity index is 973. The summed E-state index contributed by atoms with van der Waals surface area (Å²) in [6.45, 7) is 6.39. The standard InChI is InChI=1S/C25H31N3O4/c1-3-31-22-12-10-18(16-23(22)32-4-2)11-13-24(29)27-20-8-5-7-19(15-20)17-28-14-6-9-21(28)25(26)30/h5,7-8,10-13,15-16,21H,3-4,6,9,14,17H2,1-2H3,(H2,26,30)(H,27,29). The minimum atomic E-state index is -0.279. The normalized spacial score (nSPS) is 16.2. The number of carbonyl (C=O) groups excluding carboxylic acids is 2. The van der Waals surface area contributed by atoms with E-state index in [0.29, 0.717) is 36.9 Å². The van der Waals surface area contributed by atoms with Crippen molar-refractivity contribution in [1.29, 1.82) is 0 Å². The highest BCUT2D eigenvalue weighted by Crippen LogP contribution is 2.29. The number of benzene rings is 2. The molecule has 7 nitrogen and oxygen atoms in total. The predicted octanol–water partition coefficient (Wildman–Crippen LogP) is 3.59. The van der Waals surface area contributed by atoms with Gasteiger partial charge in [-0.1, -0.05) is 18.2 Å². The van der Waals surface area contributed by atoms with Gasteiger partial charge in [0.2, 0.25) is 11.8 Å². The lowest BCUT2D eigenvalue weighted by Crippen LogP contribution is -2.39. The van der Waals surface area contributed by atoms with Crippen molar-refractivity contribution >= 4 is 23.6 Å². The van der Waals surface area contributed by atoms with Crippen LogP contribution in [0.2, 0.25) is 0 Å². The van der Waals surface area contributed by atoms with E-state index >= 15 is 0 Å². The summed E-state index contributed by atoms with van der Waals surface area (Å²) in [6.07, 6.45) is 4.99. The molecule has 0 bridgehead atoms. The van der Waals surface area contributed by atoms with Crippen LogP contribution < -0.4 is 20.5 Å². The average Bonchev–Trinajstić information content (AvgIpc) is 3.23. The number of nitrogens with one attached hydrogen (secondary N) is 1. The lowest BCUT2D eigenvalue weighted by atomic mass is 10.1. The molecule has 7 heteroatoms. The molecule has 0 spiro atoms. The van der Waals surface area contributed by atoms with Crippen molar-refractivity contribution in [2.24, 2.45) is 5.73 Å². The first-order valence-corrected chi connectivity index (χ1v) is 11.0. The highest BCUT2D eigenvalue weighted by atomic mass is 16.5. The molecule has 1 saturated heterocycles. The predicted molar refractivity (Wildman–Crippen MR) is 126 cm³/mol. The maximum atomic E-state index is 12.4. The fourth-order valence-corrected chi connectivity index (χ4v) is 3.85. The van der Waals surface area contributed by atoms with Gasteiger partial charge < -0.3 is 20.5 Å². The minimum Gasteiger partial charge on any atom is -0.490 e. The third-order valence-electron chi connectivity index (χ3n) is 5.27. The lowest BCUT2D eigenvalue weighted by Gasteiger charge is -2.22. The summed E-state index contributed by atoms with van der Waals surface area (Å²) in [5.41, 5.74) is 8.07. The molecule has 2 amide bonds. The topological polar surface area (TPSA) is 93.9 Å². The number of amides is 2. The fraction of sp³-hybridized carbons (Fsp3) is 0.360. The number of primary amides is 1. The van der Waals surface area contributed by atoms with Crippen molar-refractivity contribution in [2.75, 3.05) is 25.1 Å². The van der Waals surface area contributed by atoms with Crippen molar-refractivity contribution in [3.8, 4) is 11.5 Å². The highest BCUT2D eigenvalue weighted by Gasteiger charge is 2.28. The second-order valence-corrected chi connectivity index (χ2v) is 7.63. The van der Waals surface area contributed by atoms with Crippen LogP contribution in [0.5, 0.6) is 11.5 Å². The first-order valence-electron chi connectivity index (χ1n) is 11.0. The van der Waals surface area contributed by atoms with E-state index in [1.165, 1.54) is 6.08 Å². The van der Waals surface area contributed by atoms with Crippen LogP contribution in [0.25, 0.3) is 6.08 Å². The molecule has 0 saturated carbocycles. The number of nitrogens with zero attached hydrogens (tertiary/aromatic N) is 1. The number of nitrogens with two attached hydrogens (primary N) is 1. The van der Waals surface area contributed by atoms with Gasteiger partial charge in [-0.15, -0.1) is 0 Å². The van der Waals surface area contributed by atoms with Crippen LogP contribution in [-0.4, -0.2) is 42.5 Å². The average molecular weight is 438 g/mol. The molecule has 1 aliphatic rings. The zero-order chi connectivity index (χ0) is 22.9. The van der Waals surface area contributed by atoms with Gasteiger partial charge in [0, 0.05) is 18.3 Å². The number of rotatable bonds is 10. The molecule has 1 unspecified atom stereocenters. The summed E-state index contributed by atoms with van der Waals surface area (Å²) in [5.74, 6) is 0.828. The zero-order valence-corrected chi connectivity index (χ0v) is 18.7. The number of hydrogen-bond acceptors (Lipinski definition) is 5. The number of anilines is 1. The van der Waals surface area contributed by atoms with Gasteiger partial charge in [-0.2, -0.15) is 0 Å². The Balaban J connectivity index is 1.62. The van der Waals surface area contributed by atoms with Gasteiger partial charge in [-0.25, -0.2) is 0 Å². The summed E-state index contributed by atoms with van der Waals surface area (Å²) < 4.78 is 11.2. The van der Waals surface area contributed by atoms with Gasteiger partial charge in [0.25, 0.3) is 0 Å². The van der Waals surface area contributed by atoms with Crippen molar-refractivity contribution in [3.63, 3.8) is 0 Å². The van der Waals surface area contributed by atoms with Crippen LogP contribution in [0.15, 0.2) is 48.5 Å². The Hall–Kier alpha value is -3.32. The van der Waals surface area contributed by atoms with E-state index in [2.05, 4.69) is 10.2 Å². The van der Waals surface area contributed by atoms with Crippen LogP contribution in [0, 0.1) is 0 Å². The van der Waals surface area contributed by atoms with E-state index in [4.69, 9.17) is 15.2 Å². The Kier molecular flexibility index (Phi) is 8.27. The van der Waals surface area contributed by atoms with E-state index < -0.39 is 0 Å². The van der Waals surface area contributed by atoms with E-state index in [9.17, 15) is 9.59 Å². The largest absolute Gasteiger partial charge is 0.490 e. The summed E-state index contributed by atoms with van der Waals surface area (Å²) in [5, 5.41) is 2.89. The van der Waals surface area contributed by atoms with E-state index in [1.807, 2.05) is 56.3 Å². The van der Waals surface area contributed by atoms with Crippen molar-refractivity contribution in [1.82, 2.24) is 4.90 Å². The summed E-state index contributed by atoms with van der Waals surface area (Å²) >= 11 is 0. The molecular formula is C25H31N3O4. The number of likely N-dealkylation sites (tertiary alicyclic amines) is 1. The molecule has 0 aliphatic carbocycles. The Morgan fingerprint density at radius 1 is 1.12 bits per heavy atom. The first-order chi connectivity index (χ1) is 15.5. The third kappa shape index (κ3) is 6.34. The van der Waals surface area contributed by atoms with Crippen LogP contribution in [0.1, 0.15) is 37.8 Å². The van der Waals surface area contributed by atoms with Crippen LogP contribution in [-0.2, 0) is 16.1 Å². The van der Waals surface area contributed by atoms with E-state index in [0.717, 1.165) is 30.5 Å². The van der Waals surface area contributed by atoms with Gasteiger partial charge in [0.15, 0.2) is 11.5 Å². The smallest absolute Gasteiger partial charge is 0.248 e. The number of ether oxygens (including phenoxy) is 2. The molecule has 32 heavy (non-hydrogen) atoms. The quantitative estimate of drug-likeness (QED) is 0.554. The van der Waals surface area contributed by atoms with Gasteiger partial charge in [-0.05, 0) is 74.7 Å². The minimum absolute atomic E-state index is 0.216. The Morgan fingerprint density at radius 2 is 1.91 bits per heavy atom. The molecule has 1 aliphatic heterocycles. The van der Waals surface area contributed by atoms with Crippen LogP contribution >= 0.6 is 0 Å². The molecule has 3 rings (SSSR count). The van der Waals surface area contributed by atoms with Crippen molar-refractivity contribution < 1.29 is 19.1 Å². The summed E-state index contributed by atoms with van der Waals surface area (Å²) in [7, 11) is 0. The SMILES string of the molecule is CCOc1ccc(C=CC(=O)Nc2cccc(CN3CCCC3C(N)=O)c2)cc1OCC. The van der Waals surface area contributed by atoms with E-state index in [1.54, 1.807) is 6.08 Å². The van der Waals surface area contributed by atoms with Gasteiger partial charge in [0.1, 0.15) is 0 Å². The molecular weight excluding hydrogens is 406 g/mol. The molecule has 1 atom stereocenters. The highest BCUT2D eigenvalue weighted by molar-refractivity contribution is 6.02. The molecule has 2 aromatic carbocycles. The second-order valence-electron chi connectivity index (χ2n) is 7.63. The molecule has 170 valence electrons. The molecule has 0 aromatic heterocycles. The molecule has 1 fully saturated rings. The Morgan fingerprint density at radius 3 is 2.66 bits per heavy atom. The van der Waals surface area contributed by atoms with Gasteiger partial charge >= 0.3 is 0 Å². The zero-order valence-electron chi connectivity index (χ0n) is 18.7. The summed E-state index contributed by atoms with van der Waals surface area (Å²) in [6, 6.07) is 13.0. The van der Waals surface area contributed by atoms with E-state index in [-0.39, 0.29) is 17.9 Å². The first kappa shape index (κ1) is 23.3. The second kappa shape index (κ2) is 11.3. The Labute approximate surface area is 189 Å². The van der Waals surface area contributed by atoms with Gasteiger partial charge in [-0.3, -0.25) is 14.5 Å². The molecule has 0 radical (unpaired) electrons. The lowest BCUT2D eigenvalue weighted by molar-refractivity contribution is -0.122. The molecule has 1 heterocycles. The summed E-state index contributed by atoms with van der Waals surface area (Å²) in [4.78, 5) is 26.1. The monoisotopic (exact) mass is 437 g/mol. The third-order valence-corrected chi connectivity index (χ3v) is 5.27. The maximum Gasteiger partial charge on any atom is 0.248 e. The fourth-order valence-electron chi connectivity index (χ4n) is 3.85. The number of hydrogen-bond donors (Lipinski definition) is 2. The van der Waals surface area contributed by atoms with Gasteiger partial charge in [0.05, 0.1) is 19.3 Å².